The van der Waals surface area contributed by atoms with E-state index in [1.807, 2.05) is 33.8 Å². The summed E-state index contributed by atoms with van der Waals surface area (Å²) in [6, 6.07) is 10.5. The van der Waals surface area contributed by atoms with E-state index in [1.54, 1.807) is 30.3 Å². The highest BCUT2D eigenvalue weighted by Gasteiger charge is 2.21. The number of hydrogen-bond donors (Lipinski definition) is 1. The molecule has 1 amide bonds. The van der Waals surface area contributed by atoms with Gasteiger partial charge >= 0.3 is 5.97 Å². The smallest absolute Gasteiger partial charge is 0.338 e. The first-order chi connectivity index (χ1) is 12.2. The van der Waals surface area contributed by atoms with Gasteiger partial charge in [0.15, 0.2) is 6.61 Å². The van der Waals surface area contributed by atoms with Crippen LogP contribution in [-0.2, 0) is 16.1 Å². The molecule has 0 saturated carbocycles. The Morgan fingerprint density at radius 3 is 2.50 bits per heavy atom. The van der Waals surface area contributed by atoms with Gasteiger partial charge in [-0.15, -0.1) is 11.3 Å². The summed E-state index contributed by atoms with van der Waals surface area (Å²) in [5.41, 5.74) is 0.917. The van der Waals surface area contributed by atoms with Crippen LogP contribution in [0.3, 0.4) is 0 Å². The van der Waals surface area contributed by atoms with Gasteiger partial charge in [-0.1, -0.05) is 38.5 Å². The first-order valence-corrected chi connectivity index (χ1v) is 9.12. The Bertz CT molecular complexity index is 817. The molecule has 0 fully saturated rings. The third-order valence-corrected chi connectivity index (χ3v) is 4.76. The molecule has 1 aromatic carbocycles. The normalized spacial score (nSPS) is 11.1. The van der Waals surface area contributed by atoms with E-state index in [1.165, 1.54) is 11.3 Å². The van der Waals surface area contributed by atoms with Crippen LogP contribution in [-0.4, -0.2) is 24.3 Å². The van der Waals surface area contributed by atoms with Crippen LogP contribution >= 0.6 is 11.3 Å². The average Bonchev–Trinajstić information content (AvgIpc) is 3.05. The maximum absolute atomic E-state index is 12.2. The molecule has 0 bridgehead atoms. The summed E-state index contributed by atoms with van der Waals surface area (Å²) in [6.45, 7) is 7.47. The quantitative estimate of drug-likeness (QED) is 0.618. The van der Waals surface area contributed by atoms with Gasteiger partial charge in [0, 0.05) is 10.3 Å². The second-order valence-electron chi connectivity index (χ2n) is 7.07. The van der Waals surface area contributed by atoms with E-state index in [0.717, 1.165) is 10.4 Å². The molecule has 1 N–H and O–H groups in total. The molecule has 1 aromatic heterocycles. The van der Waals surface area contributed by atoms with Gasteiger partial charge in [-0.05, 0) is 31.2 Å². The van der Waals surface area contributed by atoms with Gasteiger partial charge in [0.1, 0.15) is 0 Å². The predicted octanol–water partition coefficient (Wildman–Crippen LogP) is 3.76. The second kappa shape index (κ2) is 8.27. The number of benzene rings is 1. The third-order valence-electron chi connectivity index (χ3n) is 3.63. The number of ketones is 1. The monoisotopic (exact) mass is 373 g/mol. The van der Waals surface area contributed by atoms with Gasteiger partial charge in [0.05, 0.1) is 17.0 Å². The Balaban J connectivity index is 1.88. The van der Waals surface area contributed by atoms with E-state index in [-0.39, 0.29) is 18.3 Å². The van der Waals surface area contributed by atoms with Gasteiger partial charge in [0.25, 0.3) is 0 Å². The molecule has 1 heterocycles. The molecular formula is C20H23NO4S. The average molecular weight is 373 g/mol. The Morgan fingerprint density at radius 2 is 1.85 bits per heavy atom. The molecule has 0 aliphatic carbocycles. The van der Waals surface area contributed by atoms with Crippen LogP contribution < -0.4 is 5.32 Å². The number of carbonyl (C=O) groups excluding carboxylic acids is 3. The topological polar surface area (TPSA) is 72.5 Å². The Hall–Kier alpha value is -2.47. The standard InChI is InChI=1S/C20H23NO4S/c1-13-6-5-7-14(10-13)18(23)25-12-16(22)17-9-8-15(26-17)11-21-19(24)20(2,3)4/h5-10H,11-12H2,1-4H3,(H,21,24). The fraction of sp³-hybridized carbons (Fsp3) is 0.350. The maximum Gasteiger partial charge on any atom is 0.338 e. The summed E-state index contributed by atoms with van der Waals surface area (Å²) in [6.07, 6.45) is 0. The first-order valence-electron chi connectivity index (χ1n) is 8.31. The second-order valence-corrected chi connectivity index (χ2v) is 8.24. The van der Waals surface area contributed by atoms with Crippen LogP contribution in [0.1, 0.15) is 51.2 Å². The van der Waals surface area contributed by atoms with Crippen LogP contribution in [0.5, 0.6) is 0 Å². The zero-order valence-electron chi connectivity index (χ0n) is 15.4. The molecule has 0 saturated heterocycles. The van der Waals surface area contributed by atoms with E-state index < -0.39 is 11.4 Å². The van der Waals surface area contributed by atoms with E-state index in [9.17, 15) is 14.4 Å². The number of nitrogens with one attached hydrogen (secondary N) is 1. The number of hydrogen-bond acceptors (Lipinski definition) is 5. The summed E-state index contributed by atoms with van der Waals surface area (Å²) >= 11 is 1.29. The SMILES string of the molecule is Cc1cccc(C(=O)OCC(=O)c2ccc(CNC(=O)C(C)(C)C)s2)c1. The molecule has 2 rings (SSSR count). The van der Waals surface area contributed by atoms with Crippen LogP contribution in [0.4, 0.5) is 0 Å². The van der Waals surface area contributed by atoms with Crippen LogP contribution in [0, 0.1) is 12.3 Å². The van der Waals surface area contributed by atoms with Crippen molar-refractivity contribution in [3.05, 3.63) is 57.3 Å². The molecule has 5 nitrogen and oxygen atoms in total. The van der Waals surface area contributed by atoms with Crippen molar-refractivity contribution in [1.82, 2.24) is 5.32 Å². The Morgan fingerprint density at radius 1 is 1.12 bits per heavy atom. The molecule has 0 aliphatic rings. The lowest BCUT2D eigenvalue weighted by atomic mass is 9.96. The van der Waals surface area contributed by atoms with Crippen molar-refractivity contribution >= 4 is 29.0 Å². The fourth-order valence-corrected chi connectivity index (χ4v) is 2.98. The summed E-state index contributed by atoms with van der Waals surface area (Å²) in [7, 11) is 0. The number of rotatable bonds is 6. The minimum Gasteiger partial charge on any atom is -0.454 e. The minimum absolute atomic E-state index is 0.0501. The van der Waals surface area contributed by atoms with Gasteiger partial charge in [-0.3, -0.25) is 9.59 Å². The zero-order valence-corrected chi connectivity index (χ0v) is 16.2. The lowest BCUT2D eigenvalue weighted by molar-refractivity contribution is -0.128. The summed E-state index contributed by atoms with van der Waals surface area (Å²) in [5.74, 6) is -0.827. The number of aryl methyl sites for hydroxylation is 1. The molecule has 6 heteroatoms. The van der Waals surface area contributed by atoms with Crippen molar-refractivity contribution in [2.75, 3.05) is 6.61 Å². The van der Waals surface area contributed by atoms with Gasteiger partial charge < -0.3 is 10.1 Å². The van der Waals surface area contributed by atoms with Gasteiger partial charge in [0.2, 0.25) is 11.7 Å². The lowest BCUT2D eigenvalue weighted by Gasteiger charge is -2.17. The van der Waals surface area contributed by atoms with E-state index >= 15 is 0 Å². The molecule has 0 radical (unpaired) electrons. The van der Waals surface area contributed by atoms with Crippen molar-refractivity contribution in [2.24, 2.45) is 5.41 Å². The van der Waals surface area contributed by atoms with Crippen molar-refractivity contribution in [3.63, 3.8) is 0 Å². The van der Waals surface area contributed by atoms with Crippen molar-refractivity contribution in [2.45, 2.75) is 34.2 Å². The third kappa shape index (κ3) is 5.52. The van der Waals surface area contributed by atoms with Crippen LogP contribution in [0.2, 0.25) is 0 Å². The first kappa shape index (κ1) is 19.8. The number of thiophene rings is 1. The van der Waals surface area contributed by atoms with Crippen molar-refractivity contribution < 1.29 is 19.1 Å². The Labute approximate surface area is 157 Å². The minimum atomic E-state index is -0.517. The van der Waals surface area contributed by atoms with E-state index in [4.69, 9.17) is 4.74 Å². The largest absolute Gasteiger partial charge is 0.454 e. The fourth-order valence-electron chi connectivity index (χ4n) is 2.11. The lowest BCUT2D eigenvalue weighted by Crippen LogP contribution is -2.34. The molecule has 0 unspecified atom stereocenters. The molecule has 0 atom stereocenters. The molecular weight excluding hydrogens is 350 g/mol. The summed E-state index contributed by atoms with van der Waals surface area (Å²) < 4.78 is 5.10. The summed E-state index contributed by atoms with van der Waals surface area (Å²) in [5, 5.41) is 2.84. The summed E-state index contributed by atoms with van der Waals surface area (Å²) in [4.78, 5) is 37.5. The number of ether oxygens (including phenoxy) is 1. The van der Waals surface area contributed by atoms with E-state index in [2.05, 4.69) is 5.32 Å². The van der Waals surface area contributed by atoms with Crippen molar-refractivity contribution in [1.29, 1.82) is 0 Å². The zero-order chi connectivity index (χ0) is 19.3. The highest BCUT2D eigenvalue weighted by molar-refractivity contribution is 7.14. The number of esters is 1. The molecule has 2 aromatic rings. The predicted molar refractivity (Wildman–Crippen MR) is 101 cm³/mol. The highest BCUT2D eigenvalue weighted by Crippen LogP contribution is 2.19. The molecule has 0 aliphatic heterocycles. The number of Topliss-reactive ketones (excluding diaryl/α,β-unsaturated/α-hetero) is 1. The van der Waals surface area contributed by atoms with E-state index in [0.29, 0.717) is 17.0 Å². The van der Waals surface area contributed by atoms with Gasteiger partial charge in [-0.25, -0.2) is 4.79 Å². The molecule has 0 spiro atoms. The van der Waals surface area contributed by atoms with Crippen LogP contribution in [0.25, 0.3) is 0 Å². The molecule has 26 heavy (non-hydrogen) atoms. The number of amides is 1. The van der Waals surface area contributed by atoms with Crippen molar-refractivity contribution in [3.8, 4) is 0 Å². The van der Waals surface area contributed by atoms with Gasteiger partial charge in [-0.2, -0.15) is 0 Å². The molecule has 138 valence electrons. The highest BCUT2D eigenvalue weighted by atomic mass is 32.1. The maximum atomic E-state index is 12.2. The van der Waals surface area contributed by atoms with Crippen LogP contribution in [0.15, 0.2) is 36.4 Å². The Kier molecular flexibility index (Phi) is 6.32. The number of carbonyl (C=O) groups is 3.